The summed E-state index contributed by atoms with van der Waals surface area (Å²) in [6.45, 7) is 0. The van der Waals surface area contributed by atoms with Crippen molar-refractivity contribution in [2.45, 2.75) is 6.43 Å². The summed E-state index contributed by atoms with van der Waals surface area (Å²) in [6, 6.07) is 0. The molecule has 1 nitrogen and oxygen atoms in total. The molecule has 0 unspecified atom stereocenters. The van der Waals surface area contributed by atoms with E-state index in [9.17, 15) is 13.2 Å². The summed E-state index contributed by atoms with van der Waals surface area (Å²) in [6.07, 6.45) is -1.67. The predicted molar refractivity (Wildman–Crippen MR) is 54.6 cm³/mol. The van der Waals surface area contributed by atoms with Crippen molar-refractivity contribution in [2.24, 2.45) is 0 Å². The van der Waals surface area contributed by atoms with Crippen LogP contribution in [0.1, 0.15) is 12.0 Å². The second-order valence-electron chi connectivity index (χ2n) is 1.93. The van der Waals surface area contributed by atoms with Gasteiger partial charge >= 0.3 is 0 Å². The molecule has 1 heterocycles. The minimum atomic E-state index is -2.67. The number of hydrogen-bond acceptors (Lipinski definition) is 1. The van der Waals surface area contributed by atoms with Crippen molar-refractivity contribution in [2.75, 3.05) is 0 Å². The van der Waals surface area contributed by atoms with Crippen molar-refractivity contribution in [1.82, 2.24) is 4.98 Å². The van der Waals surface area contributed by atoms with Crippen LogP contribution >= 0.6 is 45.2 Å². The molecule has 0 amide bonds. The van der Waals surface area contributed by atoms with E-state index >= 15 is 0 Å². The summed E-state index contributed by atoms with van der Waals surface area (Å²) in [5, 5.41) is 0. The quantitative estimate of drug-likeness (QED) is 0.522. The minimum Gasteiger partial charge on any atom is -0.247 e. The molecule has 0 fully saturated rings. The topological polar surface area (TPSA) is 12.9 Å². The van der Waals surface area contributed by atoms with Crippen LogP contribution in [0, 0.1) is 13.1 Å². The second-order valence-corrected chi connectivity index (χ2v) is 4.03. The van der Waals surface area contributed by atoms with E-state index in [-0.39, 0.29) is 12.8 Å². The number of nitrogens with zero attached hydrogens (tertiary/aromatic N) is 1. The molecule has 1 aromatic rings. The number of pyridine rings is 1. The number of rotatable bonds is 1. The van der Waals surface area contributed by atoms with E-state index in [0.29, 0.717) is 0 Å². The zero-order chi connectivity index (χ0) is 9.30. The third kappa shape index (κ3) is 2.01. The lowest BCUT2D eigenvalue weighted by molar-refractivity contribution is 0.149. The van der Waals surface area contributed by atoms with Gasteiger partial charge in [-0.1, -0.05) is 0 Å². The van der Waals surface area contributed by atoms with Crippen LogP contribution in [0.2, 0.25) is 0 Å². The fourth-order valence-electron chi connectivity index (χ4n) is 0.609. The fraction of sp³-hybridized carbons (Fsp3) is 0.167. The predicted octanol–water partition coefficient (Wildman–Crippen LogP) is 3.37. The van der Waals surface area contributed by atoms with E-state index in [1.54, 1.807) is 45.2 Å². The van der Waals surface area contributed by atoms with E-state index in [1.165, 1.54) is 0 Å². The van der Waals surface area contributed by atoms with E-state index in [0.717, 1.165) is 6.20 Å². The molecule has 0 spiro atoms. The highest BCUT2D eigenvalue weighted by atomic mass is 127. The highest BCUT2D eigenvalue weighted by Gasteiger charge is 2.17. The Labute approximate surface area is 94.0 Å². The molecule has 66 valence electrons. The van der Waals surface area contributed by atoms with Gasteiger partial charge in [0.25, 0.3) is 6.43 Å². The molecule has 0 atom stereocenters. The third-order valence-corrected chi connectivity index (χ3v) is 3.03. The lowest BCUT2D eigenvalue weighted by Crippen LogP contribution is -1.98. The summed E-state index contributed by atoms with van der Waals surface area (Å²) in [7, 11) is 0. The molecule has 0 radical (unpaired) electrons. The molecule has 1 aromatic heterocycles. The van der Waals surface area contributed by atoms with Gasteiger partial charge in [-0.25, -0.2) is 18.2 Å². The number of halogens is 5. The smallest absolute Gasteiger partial charge is 0.247 e. The molecule has 6 heteroatoms. The maximum atomic E-state index is 12.9. The minimum absolute atomic E-state index is 0.0537. The Morgan fingerprint density at radius 3 is 2.42 bits per heavy atom. The van der Waals surface area contributed by atoms with Gasteiger partial charge < -0.3 is 0 Å². The van der Waals surface area contributed by atoms with Crippen LogP contribution in [0.5, 0.6) is 0 Å². The molecule has 0 saturated carbocycles. The normalized spacial score (nSPS) is 10.8. The van der Waals surface area contributed by atoms with E-state index in [2.05, 4.69) is 4.98 Å². The number of alkyl halides is 2. The van der Waals surface area contributed by atoms with Crippen molar-refractivity contribution in [3.63, 3.8) is 0 Å². The summed E-state index contributed by atoms with van der Waals surface area (Å²) >= 11 is 3.20. The Kier molecular flexibility index (Phi) is 3.56. The van der Waals surface area contributed by atoms with Crippen molar-refractivity contribution >= 4 is 45.2 Å². The average Bonchev–Trinajstić information content (AvgIpc) is 2.00. The van der Waals surface area contributed by atoms with Crippen LogP contribution in [0.25, 0.3) is 0 Å². The average molecular weight is 399 g/mol. The maximum absolute atomic E-state index is 12.9. The highest BCUT2D eigenvalue weighted by molar-refractivity contribution is 14.1. The first kappa shape index (κ1) is 10.5. The van der Waals surface area contributed by atoms with Gasteiger partial charge in [-0.2, -0.15) is 0 Å². The van der Waals surface area contributed by atoms with Crippen LogP contribution in [-0.4, -0.2) is 4.98 Å². The van der Waals surface area contributed by atoms with Gasteiger partial charge in [0, 0.05) is 6.20 Å². The highest BCUT2D eigenvalue weighted by Crippen LogP contribution is 2.26. The van der Waals surface area contributed by atoms with Crippen LogP contribution < -0.4 is 0 Å². The van der Waals surface area contributed by atoms with Crippen LogP contribution in [0.3, 0.4) is 0 Å². The first-order chi connectivity index (χ1) is 5.54. The largest absolute Gasteiger partial charge is 0.266 e. The Balaban J connectivity index is 3.27. The lowest BCUT2D eigenvalue weighted by Gasteiger charge is -2.03. The van der Waals surface area contributed by atoms with E-state index < -0.39 is 12.2 Å². The molecular formula is C6H2F3I2N. The van der Waals surface area contributed by atoms with E-state index in [4.69, 9.17) is 0 Å². The lowest BCUT2D eigenvalue weighted by atomic mass is 10.3. The third-order valence-electron chi connectivity index (χ3n) is 1.18. The zero-order valence-corrected chi connectivity index (χ0v) is 9.81. The Hall–Kier alpha value is 0.400. The molecule has 0 bridgehead atoms. The summed E-state index contributed by atoms with van der Waals surface area (Å²) in [4.78, 5) is 3.49. The SMILES string of the molecule is Fc1c(I)ncc(C(F)F)c1I. The Bertz CT molecular complexity index is 303. The molecule has 0 aromatic carbocycles. The second kappa shape index (κ2) is 4.07. The molecular weight excluding hydrogens is 397 g/mol. The van der Waals surface area contributed by atoms with Crippen molar-refractivity contribution in [3.8, 4) is 0 Å². The van der Waals surface area contributed by atoms with Crippen molar-refractivity contribution < 1.29 is 13.2 Å². The first-order valence-electron chi connectivity index (χ1n) is 2.81. The van der Waals surface area contributed by atoms with Crippen LogP contribution in [0.15, 0.2) is 6.20 Å². The molecule has 0 N–H and O–H groups in total. The van der Waals surface area contributed by atoms with Crippen molar-refractivity contribution in [3.05, 3.63) is 24.8 Å². The molecule has 0 saturated heterocycles. The molecule has 0 aliphatic carbocycles. The molecule has 1 rings (SSSR count). The monoisotopic (exact) mass is 399 g/mol. The Morgan fingerprint density at radius 2 is 1.92 bits per heavy atom. The summed E-state index contributed by atoms with van der Waals surface area (Å²) in [5.74, 6) is -0.672. The van der Waals surface area contributed by atoms with Gasteiger partial charge in [-0.05, 0) is 45.2 Å². The van der Waals surface area contributed by atoms with Crippen LogP contribution in [0.4, 0.5) is 13.2 Å². The van der Waals surface area contributed by atoms with Crippen molar-refractivity contribution in [1.29, 1.82) is 0 Å². The van der Waals surface area contributed by atoms with Gasteiger partial charge in [0.15, 0.2) is 5.82 Å². The molecule has 0 aliphatic heterocycles. The van der Waals surface area contributed by atoms with Crippen LogP contribution in [-0.2, 0) is 0 Å². The van der Waals surface area contributed by atoms with E-state index in [1.807, 2.05) is 0 Å². The molecule has 12 heavy (non-hydrogen) atoms. The van der Waals surface area contributed by atoms with Gasteiger partial charge in [-0.15, -0.1) is 0 Å². The van der Waals surface area contributed by atoms with Gasteiger partial charge in [0.2, 0.25) is 0 Å². The summed E-state index contributed by atoms with van der Waals surface area (Å²) < 4.78 is 37.3. The molecule has 0 aliphatic rings. The van der Waals surface area contributed by atoms with Gasteiger partial charge in [0.1, 0.15) is 3.70 Å². The van der Waals surface area contributed by atoms with Gasteiger partial charge in [0.05, 0.1) is 9.13 Å². The number of hydrogen-bond donors (Lipinski definition) is 0. The summed E-state index contributed by atoms with van der Waals surface area (Å²) in [5.41, 5.74) is -0.353. The van der Waals surface area contributed by atoms with Gasteiger partial charge in [-0.3, -0.25) is 0 Å². The first-order valence-corrected chi connectivity index (χ1v) is 4.97. The maximum Gasteiger partial charge on any atom is 0.266 e. The fourth-order valence-corrected chi connectivity index (χ4v) is 2.16. The Morgan fingerprint density at radius 1 is 1.33 bits per heavy atom. The number of aromatic nitrogens is 1. The zero-order valence-electron chi connectivity index (χ0n) is 5.49. The standard InChI is InChI=1S/C6H2F3I2N/c7-3-4(10)2(5(8)9)1-12-6(3)11/h1,5H.